The van der Waals surface area contributed by atoms with Crippen LogP contribution in [0.1, 0.15) is 60.7 Å². The van der Waals surface area contributed by atoms with Crippen molar-refractivity contribution < 1.29 is 28.7 Å². The molecule has 1 unspecified atom stereocenters. The third-order valence-electron chi connectivity index (χ3n) is 6.18. The number of anilines is 1. The summed E-state index contributed by atoms with van der Waals surface area (Å²) in [6.45, 7) is 9.06. The van der Waals surface area contributed by atoms with Crippen LogP contribution in [0.5, 0.6) is 0 Å². The zero-order valence-electron chi connectivity index (χ0n) is 20.8. The Morgan fingerprint density at radius 1 is 1.17 bits per heavy atom. The van der Waals surface area contributed by atoms with Gasteiger partial charge in [0.2, 0.25) is 11.8 Å². The highest BCUT2D eigenvalue weighted by molar-refractivity contribution is 6.06. The largest absolute Gasteiger partial charge is 0.460 e. The maximum atomic E-state index is 13.2. The van der Waals surface area contributed by atoms with Gasteiger partial charge in [0, 0.05) is 57.4 Å². The van der Waals surface area contributed by atoms with Crippen LogP contribution in [0.3, 0.4) is 0 Å². The molecule has 0 radical (unpaired) electrons. The summed E-state index contributed by atoms with van der Waals surface area (Å²) in [5.41, 5.74) is 0.776. The zero-order chi connectivity index (χ0) is 25.8. The lowest BCUT2D eigenvalue weighted by Crippen LogP contribution is -2.53. The Balaban J connectivity index is 1.63. The number of ether oxygens (including phenoxy) is 1. The molecule has 1 N–H and O–H groups in total. The number of nitrogens with zero attached hydrogens (tertiary/aromatic N) is 3. The molecule has 190 valence electrons. The molecule has 1 aromatic carbocycles. The summed E-state index contributed by atoms with van der Waals surface area (Å²) in [7, 11) is 1.51. The molecule has 35 heavy (non-hydrogen) atoms. The second kappa shape index (κ2) is 11.0. The summed E-state index contributed by atoms with van der Waals surface area (Å²) >= 11 is 0. The van der Waals surface area contributed by atoms with Gasteiger partial charge >= 0.3 is 5.97 Å². The van der Waals surface area contributed by atoms with Crippen molar-refractivity contribution in [3.63, 3.8) is 0 Å². The summed E-state index contributed by atoms with van der Waals surface area (Å²) in [6, 6.07) is 4.34. The van der Waals surface area contributed by atoms with E-state index in [2.05, 4.69) is 15.1 Å². The number of hydrogen-bond donors (Lipinski definition) is 1. The number of piperidine rings is 1. The predicted molar refractivity (Wildman–Crippen MR) is 129 cm³/mol. The third kappa shape index (κ3) is 6.88. The first-order chi connectivity index (χ1) is 16.5. The van der Waals surface area contributed by atoms with Gasteiger partial charge in [-0.2, -0.15) is 0 Å². The van der Waals surface area contributed by atoms with Gasteiger partial charge in [0.1, 0.15) is 11.6 Å². The van der Waals surface area contributed by atoms with Crippen molar-refractivity contribution >= 4 is 35.7 Å². The highest BCUT2D eigenvalue weighted by Crippen LogP contribution is 2.23. The lowest BCUT2D eigenvalue weighted by Gasteiger charge is -2.36. The highest BCUT2D eigenvalue weighted by Gasteiger charge is 2.33. The maximum absolute atomic E-state index is 13.2. The van der Waals surface area contributed by atoms with Gasteiger partial charge in [0.25, 0.3) is 5.91 Å². The fourth-order valence-corrected chi connectivity index (χ4v) is 4.28. The number of carbonyl (C=O) groups excluding carboxylic acids is 5. The van der Waals surface area contributed by atoms with Crippen LogP contribution in [0.15, 0.2) is 18.2 Å². The van der Waals surface area contributed by atoms with E-state index >= 15 is 0 Å². The lowest BCUT2D eigenvalue weighted by molar-refractivity contribution is -0.155. The van der Waals surface area contributed by atoms with Crippen molar-refractivity contribution in [2.75, 3.05) is 44.7 Å². The summed E-state index contributed by atoms with van der Waals surface area (Å²) < 4.78 is 5.37. The Kier molecular flexibility index (Phi) is 8.26. The highest BCUT2D eigenvalue weighted by atomic mass is 16.6. The second-order valence-corrected chi connectivity index (χ2v) is 9.94. The van der Waals surface area contributed by atoms with Gasteiger partial charge < -0.3 is 14.5 Å². The lowest BCUT2D eigenvalue weighted by atomic mass is 10.0. The maximum Gasteiger partial charge on any atom is 0.307 e. The van der Waals surface area contributed by atoms with E-state index in [1.165, 1.54) is 11.9 Å². The Morgan fingerprint density at radius 2 is 1.86 bits per heavy atom. The van der Waals surface area contributed by atoms with Gasteiger partial charge in [0.05, 0.1) is 12.0 Å². The molecule has 10 nitrogen and oxygen atoms in total. The van der Waals surface area contributed by atoms with Crippen LogP contribution in [0.4, 0.5) is 5.69 Å². The van der Waals surface area contributed by atoms with Crippen molar-refractivity contribution in [2.24, 2.45) is 0 Å². The molecule has 1 atom stereocenters. The molecule has 2 aliphatic rings. The number of imide groups is 1. The standard InChI is InChI=1S/C25H34N4O6/c1-25(2,3)35-22(32)9-10-28-11-13-29(14-12-28)18-6-5-17(16-30)19(15-18)24(34)27(4)20-7-8-21(31)26-23(20)33/h5-6,15-16,20H,7-14H2,1-4H3,(H,26,31,33). The Morgan fingerprint density at radius 3 is 2.46 bits per heavy atom. The van der Waals surface area contributed by atoms with Crippen molar-refractivity contribution in [2.45, 2.75) is 51.7 Å². The number of rotatable bonds is 7. The molecule has 10 heteroatoms. The monoisotopic (exact) mass is 486 g/mol. The van der Waals surface area contributed by atoms with E-state index in [0.717, 1.165) is 18.8 Å². The minimum Gasteiger partial charge on any atom is -0.460 e. The molecule has 3 rings (SSSR count). The first-order valence-corrected chi connectivity index (χ1v) is 11.9. The topological polar surface area (TPSA) is 116 Å². The van der Waals surface area contributed by atoms with E-state index in [1.54, 1.807) is 12.1 Å². The second-order valence-electron chi connectivity index (χ2n) is 9.94. The fraction of sp³-hybridized carbons (Fsp3) is 0.560. The van der Waals surface area contributed by atoms with E-state index in [1.807, 2.05) is 26.8 Å². The number of benzene rings is 1. The number of hydrogen-bond acceptors (Lipinski definition) is 8. The minimum atomic E-state index is -0.767. The quantitative estimate of drug-likeness (QED) is 0.348. The van der Waals surface area contributed by atoms with Gasteiger partial charge in [-0.3, -0.25) is 34.2 Å². The van der Waals surface area contributed by atoms with E-state index in [4.69, 9.17) is 4.74 Å². The average molecular weight is 487 g/mol. The number of carbonyl (C=O) groups is 5. The SMILES string of the molecule is CN(C(=O)c1cc(N2CCN(CCC(=O)OC(C)(C)C)CC2)ccc1C=O)C1CCC(=O)NC1=O. The number of nitrogens with one attached hydrogen (secondary N) is 1. The van der Waals surface area contributed by atoms with E-state index in [9.17, 15) is 24.0 Å². The molecule has 2 aliphatic heterocycles. The summed E-state index contributed by atoms with van der Waals surface area (Å²) in [5, 5.41) is 2.26. The molecule has 0 spiro atoms. The summed E-state index contributed by atoms with van der Waals surface area (Å²) in [6.07, 6.45) is 1.36. The molecule has 2 heterocycles. The minimum absolute atomic E-state index is 0.160. The van der Waals surface area contributed by atoms with Crippen molar-refractivity contribution in [1.82, 2.24) is 15.1 Å². The van der Waals surface area contributed by atoms with Crippen LogP contribution in [0.2, 0.25) is 0 Å². The van der Waals surface area contributed by atoms with Gasteiger partial charge in [0.15, 0.2) is 6.29 Å². The molecular weight excluding hydrogens is 452 g/mol. The van der Waals surface area contributed by atoms with Crippen molar-refractivity contribution in [3.8, 4) is 0 Å². The number of esters is 1. The average Bonchev–Trinajstić information content (AvgIpc) is 2.81. The van der Waals surface area contributed by atoms with Gasteiger partial charge in [-0.05, 0) is 45.4 Å². The predicted octanol–water partition coefficient (Wildman–Crippen LogP) is 1.23. The molecule has 3 amide bonds. The van der Waals surface area contributed by atoms with E-state index in [0.29, 0.717) is 32.3 Å². The van der Waals surface area contributed by atoms with Crippen LogP contribution in [0, 0.1) is 0 Å². The van der Waals surface area contributed by atoms with Crippen LogP contribution >= 0.6 is 0 Å². The smallest absolute Gasteiger partial charge is 0.307 e. The number of aldehydes is 1. The Bertz CT molecular complexity index is 994. The molecule has 2 fully saturated rings. The van der Waals surface area contributed by atoms with Crippen LogP contribution in [0.25, 0.3) is 0 Å². The molecule has 0 bridgehead atoms. The first-order valence-electron chi connectivity index (χ1n) is 11.9. The van der Waals surface area contributed by atoms with E-state index < -0.39 is 23.5 Å². The van der Waals surface area contributed by atoms with Crippen molar-refractivity contribution in [1.29, 1.82) is 0 Å². The van der Waals surface area contributed by atoms with Gasteiger partial charge in [-0.25, -0.2) is 0 Å². The molecule has 0 aliphatic carbocycles. The fourth-order valence-electron chi connectivity index (χ4n) is 4.28. The molecule has 1 aromatic rings. The number of amides is 3. The van der Waals surface area contributed by atoms with Gasteiger partial charge in [-0.1, -0.05) is 0 Å². The van der Waals surface area contributed by atoms with Crippen LogP contribution < -0.4 is 10.2 Å². The molecular formula is C25H34N4O6. The number of likely N-dealkylation sites (N-methyl/N-ethyl adjacent to an activating group) is 1. The Hall–Kier alpha value is -3.27. The van der Waals surface area contributed by atoms with Crippen LogP contribution in [-0.2, 0) is 19.1 Å². The molecule has 2 saturated heterocycles. The first kappa shape index (κ1) is 26.3. The van der Waals surface area contributed by atoms with E-state index in [-0.39, 0.29) is 35.8 Å². The normalized spacial score (nSPS) is 19.2. The van der Waals surface area contributed by atoms with Crippen molar-refractivity contribution in [3.05, 3.63) is 29.3 Å². The third-order valence-corrected chi connectivity index (χ3v) is 6.18. The molecule has 0 saturated carbocycles. The van der Waals surface area contributed by atoms with Gasteiger partial charge in [-0.15, -0.1) is 0 Å². The summed E-state index contributed by atoms with van der Waals surface area (Å²) in [5.74, 6) is -1.52. The number of piperazine rings is 1. The molecule has 0 aromatic heterocycles. The Labute approximate surface area is 205 Å². The van der Waals surface area contributed by atoms with Crippen LogP contribution in [-0.4, -0.2) is 91.2 Å². The zero-order valence-corrected chi connectivity index (χ0v) is 20.8. The summed E-state index contributed by atoms with van der Waals surface area (Å²) in [4.78, 5) is 66.1.